The molecule has 0 unspecified atom stereocenters. The van der Waals surface area contributed by atoms with Crippen molar-refractivity contribution in [1.82, 2.24) is 0 Å². The first-order valence-corrected chi connectivity index (χ1v) is 5.18. The minimum absolute atomic E-state index is 0.286. The monoisotopic (exact) mass is 206 g/mol. The van der Waals surface area contributed by atoms with E-state index < -0.39 is 11.9 Å². The summed E-state index contributed by atoms with van der Waals surface area (Å²) >= 11 is 0. The molecule has 1 N–H and O–H groups in total. The standard InChI is InChI=1S/C12H14O3/c1-2-8-3-4-11-9(5-8)6-10(7-15-11)12(13)14/h3-5,10H,2,6-7H2,1H3,(H,13,14)/t10-/m0/s1. The minimum atomic E-state index is -0.775. The summed E-state index contributed by atoms with van der Waals surface area (Å²) in [6.07, 6.45) is 1.55. The SMILES string of the molecule is CCc1ccc2c(c1)C[C@H](C(=O)O)CO2. The largest absolute Gasteiger partial charge is 0.492 e. The quantitative estimate of drug-likeness (QED) is 0.803. The van der Waals surface area contributed by atoms with Crippen molar-refractivity contribution in [3.8, 4) is 5.75 Å². The second-order valence-corrected chi connectivity index (χ2v) is 3.85. The Kier molecular flexibility index (Phi) is 2.62. The Hall–Kier alpha value is -1.51. The van der Waals surface area contributed by atoms with Crippen molar-refractivity contribution >= 4 is 5.97 Å². The third-order valence-corrected chi connectivity index (χ3v) is 2.79. The van der Waals surface area contributed by atoms with Gasteiger partial charge in [0.2, 0.25) is 0 Å². The van der Waals surface area contributed by atoms with Crippen LogP contribution in [0.4, 0.5) is 0 Å². The fraction of sp³-hybridized carbons (Fsp3) is 0.417. The molecule has 0 aliphatic carbocycles. The summed E-state index contributed by atoms with van der Waals surface area (Å²) < 4.78 is 5.42. The fourth-order valence-corrected chi connectivity index (χ4v) is 1.83. The van der Waals surface area contributed by atoms with Gasteiger partial charge in [0.1, 0.15) is 12.4 Å². The molecule has 0 amide bonds. The number of carbonyl (C=O) groups is 1. The van der Waals surface area contributed by atoms with Crippen molar-refractivity contribution in [2.24, 2.45) is 5.92 Å². The van der Waals surface area contributed by atoms with E-state index >= 15 is 0 Å². The highest BCUT2D eigenvalue weighted by Gasteiger charge is 2.25. The van der Waals surface area contributed by atoms with Gasteiger partial charge in [0.05, 0.1) is 5.92 Å². The molecule has 0 bridgehead atoms. The molecule has 0 spiro atoms. The molecule has 15 heavy (non-hydrogen) atoms. The van der Waals surface area contributed by atoms with E-state index in [0.29, 0.717) is 6.42 Å². The van der Waals surface area contributed by atoms with Crippen molar-refractivity contribution in [1.29, 1.82) is 0 Å². The van der Waals surface area contributed by atoms with E-state index in [-0.39, 0.29) is 6.61 Å². The molecule has 3 heteroatoms. The smallest absolute Gasteiger partial charge is 0.310 e. The molecular weight excluding hydrogens is 192 g/mol. The van der Waals surface area contributed by atoms with E-state index in [0.717, 1.165) is 17.7 Å². The summed E-state index contributed by atoms with van der Waals surface area (Å²) in [5.41, 5.74) is 2.25. The van der Waals surface area contributed by atoms with Gasteiger partial charge in [0, 0.05) is 0 Å². The predicted molar refractivity (Wildman–Crippen MR) is 56.1 cm³/mol. The molecule has 1 atom stereocenters. The highest BCUT2D eigenvalue weighted by molar-refractivity contribution is 5.71. The zero-order valence-electron chi connectivity index (χ0n) is 8.69. The third-order valence-electron chi connectivity index (χ3n) is 2.79. The van der Waals surface area contributed by atoms with E-state index in [1.165, 1.54) is 5.56 Å². The topological polar surface area (TPSA) is 46.5 Å². The minimum Gasteiger partial charge on any atom is -0.492 e. The number of fused-ring (bicyclic) bond motifs is 1. The van der Waals surface area contributed by atoms with E-state index in [2.05, 4.69) is 6.92 Å². The average Bonchev–Trinajstić information content (AvgIpc) is 2.27. The lowest BCUT2D eigenvalue weighted by Gasteiger charge is -2.22. The molecule has 0 fully saturated rings. The molecule has 1 heterocycles. The van der Waals surface area contributed by atoms with Gasteiger partial charge in [-0.15, -0.1) is 0 Å². The van der Waals surface area contributed by atoms with Crippen molar-refractivity contribution < 1.29 is 14.6 Å². The lowest BCUT2D eigenvalue weighted by molar-refractivity contribution is -0.143. The van der Waals surface area contributed by atoms with Crippen LogP contribution in [0.5, 0.6) is 5.75 Å². The van der Waals surface area contributed by atoms with Crippen molar-refractivity contribution in [3.05, 3.63) is 29.3 Å². The molecule has 0 radical (unpaired) electrons. The summed E-state index contributed by atoms with van der Waals surface area (Å²) in [4.78, 5) is 10.8. The van der Waals surface area contributed by atoms with Crippen LogP contribution in [-0.4, -0.2) is 17.7 Å². The van der Waals surface area contributed by atoms with Gasteiger partial charge in [-0.1, -0.05) is 19.1 Å². The zero-order chi connectivity index (χ0) is 10.8. The highest BCUT2D eigenvalue weighted by Crippen LogP contribution is 2.28. The van der Waals surface area contributed by atoms with Gasteiger partial charge >= 0.3 is 5.97 Å². The third kappa shape index (κ3) is 1.96. The zero-order valence-corrected chi connectivity index (χ0v) is 8.69. The molecular formula is C12H14O3. The van der Waals surface area contributed by atoms with E-state index in [9.17, 15) is 4.79 Å². The fourth-order valence-electron chi connectivity index (χ4n) is 1.83. The van der Waals surface area contributed by atoms with Crippen LogP contribution in [0.3, 0.4) is 0 Å². The summed E-state index contributed by atoms with van der Waals surface area (Å²) in [7, 11) is 0. The summed E-state index contributed by atoms with van der Waals surface area (Å²) in [6.45, 7) is 2.37. The average molecular weight is 206 g/mol. The van der Waals surface area contributed by atoms with Crippen molar-refractivity contribution in [2.45, 2.75) is 19.8 Å². The van der Waals surface area contributed by atoms with Crippen molar-refractivity contribution in [2.75, 3.05) is 6.61 Å². The number of aryl methyl sites for hydroxylation is 1. The van der Waals surface area contributed by atoms with Gasteiger partial charge in [-0.2, -0.15) is 0 Å². The van der Waals surface area contributed by atoms with Crippen LogP contribution in [0.2, 0.25) is 0 Å². The highest BCUT2D eigenvalue weighted by atomic mass is 16.5. The van der Waals surface area contributed by atoms with Crippen LogP contribution < -0.4 is 4.74 Å². The molecule has 1 aliphatic heterocycles. The summed E-state index contributed by atoms with van der Waals surface area (Å²) in [6, 6.07) is 6.01. The van der Waals surface area contributed by atoms with Gasteiger partial charge in [-0.05, 0) is 30.0 Å². The number of hydrogen-bond donors (Lipinski definition) is 1. The molecule has 1 aliphatic rings. The van der Waals surface area contributed by atoms with Crippen LogP contribution in [-0.2, 0) is 17.6 Å². The molecule has 3 nitrogen and oxygen atoms in total. The van der Waals surface area contributed by atoms with E-state index in [4.69, 9.17) is 9.84 Å². The number of rotatable bonds is 2. The van der Waals surface area contributed by atoms with Gasteiger partial charge in [0.15, 0.2) is 0 Å². The second-order valence-electron chi connectivity index (χ2n) is 3.85. The molecule has 2 rings (SSSR count). The Bertz CT molecular complexity index is 384. The maximum absolute atomic E-state index is 10.8. The first-order chi connectivity index (χ1) is 7.20. The predicted octanol–water partition coefficient (Wildman–Crippen LogP) is 1.88. The van der Waals surface area contributed by atoms with E-state index in [1.54, 1.807) is 0 Å². The van der Waals surface area contributed by atoms with Gasteiger partial charge in [-0.25, -0.2) is 0 Å². The first-order valence-electron chi connectivity index (χ1n) is 5.18. The molecule has 0 aromatic heterocycles. The number of carboxylic acids is 1. The molecule has 0 saturated carbocycles. The molecule has 80 valence electrons. The maximum Gasteiger partial charge on any atom is 0.310 e. The first kappa shape index (κ1) is 10.0. The normalized spacial score (nSPS) is 19.1. The molecule has 0 saturated heterocycles. The Labute approximate surface area is 88.7 Å². The van der Waals surface area contributed by atoms with Crippen LogP contribution in [0, 0.1) is 5.92 Å². The maximum atomic E-state index is 10.8. The number of benzene rings is 1. The number of hydrogen-bond acceptors (Lipinski definition) is 2. The van der Waals surface area contributed by atoms with E-state index in [1.807, 2.05) is 18.2 Å². The molecule has 1 aromatic rings. The number of ether oxygens (including phenoxy) is 1. The summed E-state index contributed by atoms with van der Waals surface area (Å²) in [5.74, 6) is -0.336. The molecule has 1 aromatic carbocycles. The summed E-state index contributed by atoms with van der Waals surface area (Å²) in [5, 5.41) is 8.91. The number of aliphatic carboxylic acids is 1. The Balaban J connectivity index is 2.27. The lowest BCUT2D eigenvalue weighted by Crippen LogP contribution is -2.27. The van der Waals surface area contributed by atoms with Crippen molar-refractivity contribution in [3.63, 3.8) is 0 Å². The number of carboxylic acid groups (broad SMARTS) is 1. The van der Waals surface area contributed by atoms with Gasteiger partial charge in [-0.3, -0.25) is 4.79 Å². The van der Waals surface area contributed by atoms with Gasteiger partial charge in [0.25, 0.3) is 0 Å². The Morgan fingerprint density at radius 2 is 2.40 bits per heavy atom. The van der Waals surface area contributed by atoms with Crippen LogP contribution in [0.15, 0.2) is 18.2 Å². The lowest BCUT2D eigenvalue weighted by atomic mass is 9.95. The van der Waals surface area contributed by atoms with Gasteiger partial charge < -0.3 is 9.84 Å². The Morgan fingerprint density at radius 1 is 1.60 bits per heavy atom. The van der Waals surface area contributed by atoms with Crippen LogP contribution in [0.25, 0.3) is 0 Å². The van der Waals surface area contributed by atoms with Crippen LogP contribution >= 0.6 is 0 Å². The Morgan fingerprint density at radius 3 is 3.07 bits per heavy atom. The second kappa shape index (κ2) is 3.93. The van der Waals surface area contributed by atoms with Crippen LogP contribution in [0.1, 0.15) is 18.1 Å².